The fourth-order valence-corrected chi connectivity index (χ4v) is 3.82. The van der Waals surface area contributed by atoms with Crippen molar-refractivity contribution in [3.8, 4) is 22.8 Å². The Balaban J connectivity index is 1.65. The summed E-state index contributed by atoms with van der Waals surface area (Å²) in [5.74, 6) is 0.667. The van der Waals surface area contributed by atoms with E-state index in [4.69, 9.17) is 21.7 Å². The van der Waals surface area contributed by atoms with Crippen molar-refractivity contribution in [2.45, 2.75) is 26.2 Å². The topological polar surface area (TPSA) is 72.5 Å². The van der Waals surface area contributed by atoms with Gasteiger partial charge < -0.3 is 14.8 Å². The summed E-state index contributed by atoms with van der Waals surface area (Å²) in [4.78, 5) is 17.1. The molecule has 0 spiro atoms. The second-order valence-corrected chi connectivity index (χ2v) is 9.14. The highest BCUT2D eigenvalue weighted by atomic mass is 32.1. The molecule has 162 valence electrons. The zero-order valence-electron chi connectivity index (χ0n) is 18.1. The molecule has 0 radical (unpaired) electrons. The number of carbonyl (C=O) groups is 1. The van der Waals surface area contributed by atoms with Crippen LogP contribution in [0.3, 0.4) is 0 Å². The van der Waals surface area contributed by atoms with Gasteiger partial charge >= 0.3 is 0 Å². The first-order chi connectivity index (χ1) is 14.7. The Kier molecular flexibility index (Phi) is 6.92. The van der Waals surface area contributed by atoms with Gasteiger partial charge in [-0.1, -0.05) is 45.0 Å². The first-order valence-electron chi connectivity index (χ1n) is 9.61. The number of nitrogens with one attached hydrogen (secondary N) is 2. The van der Waals surface area contributed by atoms with E-state index in [0.717, 1.165) is 11.3 Å². The number of anilines is 1. The van der Waals surface area contributed by atoms with Gasteiger partial charge in [-0.05, 0) is 35.3 Å². The number of benzene rings is 2. The van der Waals surface area contributed by atoms with Gasteiger partial charge in [0, 0.05) is 22.6 Å². The van der Waals surface area contributed by atoms with Crippen molar-refractivity contribution in [3.05, 3.63) is 59.0 Å². The number of carbonyl (C=O) groups excluding carboxylic acids is 1. The molecule has 6 nitrogen and oxygen atoms in total. The molecule has 0 unspecified atom stereocenters. The second kappa shape index (κ2) is 9.45. The summed E-state index contributed by atoms with van der Waals surface area (Å²) in [7, 11) is 3.05. The lowest BCUT2D eigenvalue weighted by molar-refractivity contribution is 0.0977. The summed E-state index contributed by atoms with van der Waals surface area (Å²) in [6, 6.07) is 13.3. The lowest BCUT2D eigenvalue weighted by Gasteiger charge is -2.18. The molecular formula is C23H25N3O3S2. The van der Waals surface area contributed by atoms with Gasteiger partial charge in [-0.3, -0.25) is 10.1 Å². The number of nitrogens with zero attached hydrogens (tertiary/aromatic N) is 1. The Bertz CT molecular complexity index is 1060. The number of thiocarbonyl (C=S) groups is 1. The third-order valence-corrected chi connectivity index (χ3v) is 5.57. The predicted octanol–water partition coefficient (Wildman–Crippen LogP) is 5.25. The fraction of sp³-hybridized carbons (Fsp3) is 0.261. The molecule has 0 aliphatic carbocycles. The van der Waals surface area contributed by atoms with Crippen LogP contribution in [0.15, 0.2) is 47.8 Å². The molecule has 3 aromatic rings. The molecule has 0 bridgehead atoms. The minimum Gasteiger partial charge on any atom is -0.497 e. The molecule has 2 N–H and O–H groups in total. The molecule has 3 rings (SSSR count). The van der Waals surface area contributed by atoms with E-state index in [1.165, 1.54) is 31.1 Å². The van der Waals surface area contributed by atoms with Gasteiger partial charge in [0.15, 0.2) is 10.2 Å². The number of amides is 1. The van der Waals surface area contributed by atoms with Crippen LogP contribution >= 0.6 is 23.6 Å². The van der Waals surface area contributed by atoms with Crippen LogP contribution in [0.2, 0.25) is 0 Å². The standard InChI is InChI=1S/C23H25N3O3S2/c1-23(2,3)16-8-6-14(7-9-16)19-13-31-22(24-19)26-21(30)25-20(27)15-10-17(28-4)12-18(11-15)29-5/h6-13H,1-5H3,(H2,24,25,26,27,30). The van der Waals surface area contributed by atoms with Crippen LogP contribution in [0.1, 0.15) is 36.7 Å². The second-order valence-electron chi connectivity index (χ2n) is 7.87. The first kappa shape index (κ1) is 22.7. The summed E-state index contributed by atoms with van der Waals surface area (Å²) in [5, 5.41) is 8.34. The first-order valence-corrected chi connectivity index (χ1v) is 10.9. The Hall–Kier alpha value is -2.97. The van der Waals surface area contributed by atoms with Crippen LogP contribution in [0, 0.1) is 0 Å². The number of thiazole rings is 1. The van der Waals surface area contributed by atoms with Crippen molar-refractivity contribution in [1.29, 1.82) is 0 Å². The van der Waals surface area contributed by atoms with E-state index >= 15 is 0 Å². The quantitative estimate of drug-likeness (QED) is 0.512. The molecule has 31 heavy (non-hydrogen) atoms. The largest absolute Gasteiger partial charge is 0.497 e. The predicted molar refractivity (Wildman–Crippen MR) is 129 cm³/mol. The number of aromatic nitrogens is 1. The smallest absolute Gasteiger partial charge is 0.257 e. The van der Waals surface area contributed by atoms with Gasteiger partial charge in [-0.2, -0.15) is 0 Å². The van der Waals surface area contributed by atoms with Crippen molar-refractivity contribution < 1.29 is 14.3 Å². The summed E-state index contributed by atoms with van der Waals surface area (Å²) in [6.45, 7) is 6.55. The third kappa shape index (κ3) is 5.80. The van der Waals surface area contributed by atoms with E-state index in [1.54, 1.807) is 18.2 Å². The van der Waals surface area contributed by atoms with E-state index in [9.17, 15) is 4.79 Å². The maximum absolute atomic E-state index is 12.6. The molecule has 1 heterocycles. The van der Waals surface area contributed by atoms with Crippen LogP contribution in [0.5, 0.6) is 11.5 Å². The van der Waals surface area contributed by atoms with Gasteiger partial charge in [-0.25, -0.2) is 4.98 Å². The van der Waals surface area contributed by atoms with Crippen LogP contribution in [0.4, 0.5) is 5.13 Å². The minimum absolute atomic E-state index is 0.102. The molecule has 1 aromatic heterocycles. The molecule has 0 aliphatic rings. The SMILES string of the molecule is COc1cc(OC)cc(C(=O)NC(=S)Nc2nc(-c3ccc(C(C)(C)C)cc3)cs2)c1. The Labute approximate surface area is 191 Å². The van der Waals surface area contributed by atoms with Gasteiger partial charge in [-0.15, -0.1) is 11.3 Å². The summed E-state index contributed by atoms with van der Waals surface area (Å²) < 4.78 is 10.4. The molecule has 2 aromatic carbocycles. The molecule has 0 atom stereocenters. The number of hydrogen-bond donors (Lipinski definition) is 2. The molecule has 0 aliphatic heterocycles. The van der Waals surface area contributed by atoms with Crippen LogP contribution in [-0.4, -0.2) is 30.2 Å². The van der Waals surface area contributed by atoms with Crippen molar-refractivity contribution in [3.63, 3.8) is 0 Å². The van der Waals surface area contributed by atoms with Crippen molar-refractivity contribution in [2.75, 3.05) is 19.5 Å². The minimum atomic E-state index is -0.371. The highest BCUT2D eigenvalue weighted by molar-refractivity contribution is 7.80. The molecule has 8 heteroatoms. The molecule has 0 fully saturated rings. The number of hydrogen-bond acceptors (Lipinski definition) is 6. The number of ether oxygens (including phenoxy) is 2. The highest BCUT2D eigenvalue weighted by Crippen LogP contribution is 2.28. The van der Waals surface area contributed by atoms with Crippen LogP contribution < -0.4 is 20.1 Å². The van der Waals surface area contributed by atoms with Gasteiger partial charge in [0.25, 0.3) is 5.91 Å². The van der Waals surface area contributed by atoms with E-state index in [2.05, 4.69) is 60.7 Å². The van der Waals surface area contributed by atoms with E-state index in [0.29, 0.717) is 22.2 Å². The maximum atomic E-state index is 12.6. The molecule has 0 saturated carbocycles. The van der Waals surface area contributed by atoms with Crippen molar-refractivity contribution >= 4 is 39.7 Å². The summed E-state index contributed by atoms with van der Waals surface area (Å²) in [5.41, 5.74) is 3.61. The van der Waals surface area contributed by atoms with Gasteiger partial charge in [0.05, 0.1) is 19.9 Å². The van der Waals surface area contributed by atoms with E-state index in [-0.39, 0.29) is 16.4 Å². The highest BCUT2D eigenvalue weighted by Gasteiger charge is 2.15. The van der Waals surface area contributed by atoms with E-state index in [1.807, 2.05) is 5.38 Å². The fourth-order valence-electron chi connectivity index (χ4n) is 2.85. The monoisotopic (exact) mass is 455 g/mol. The van der Waals surface area contributed by atoms with Gasteiger partial charge in [0.1, 0.15) is 11.5 Å². The molecular weight excluding hydrogens is 430 g/mol. The average Bonchev–Trinajstić information content (AvgIpc) is 3.20. The van der Waals surface area contributed by atoms with Crippen molar-refractivity contribution in [2.24, 2.45) is 0 Å². The average molecular weight is 456 g/mol. The summed E-state index contributed by atoms with van der Waals surface area (Å²) >= 11 is 6.70. The normalized spacial score (nSPS) is 11.0. The Morgan fingerprint density at radius 2 is 1.65 bits per heavy atom. The lowest BCUT2D eigenvalue weighted by atomic mass is 9.86. The van der Waals surface area contributed by atoms with Crippen LogP contribution in [-0.2, 0) is 5.41 Å². The van der Waals surface area contributed by atoms with Gasteiger partial charge in [0.2, 0.25) is 0 Å². The number of rotatable bonds is 5. The molecule has 1 amide bonds. The van der Waals surface area contributed by atoms with Crippen molar-refractivity contribution in [1.82, 2.24) is 10.3 Å². The zero-order valence-corrected chi connectivity index (χ0v) is 19.7. The Morgan fingerprint density at radius 3 is 2.19 bits per heavy atom. The van der Waals surface area contributed by atoms with Crippen LogP contribution in [0.25, 0.3) is 11.3 Å². The summed E-state index contributed by atoms with van der Waals surface area (Å²) in [6.07, 6.45) is 0. The lowest BCUT2D eigenvalue weighted by Crippen LogP contribution is -2.34. The van der Waals surface area contributed by atoms with E-state index < -0.39 is 0 Å². The third-order valence-electron chi connectivity index (χ3n) is 4.61. The zero-order chi connectivity index (χ0) is 22.6. The Morgan fingerprint density at radius 1 is 1.03 bits per heavy atom. The molecule has 0 saturated heterocycles. The maximum Gasteiger partial charge on any atom is 0.257 e. The number of methoxy groups -OCH3 is 2.